The number of benzene rings is 2. The third kappa shape index (κ3) is 3.60. The van der Waals surface area contributed by atoms with Crippen LogP contribution in [0.2, 0.25) is 0 Å². The summed E-state index contributed by atoms with van der Waals surface area (Å²) in [6, 6.07) is 14.1. The minimum absolute atomic E-state index is 0.256. The Balaban J connectivity index is 1.96. The molecule has 2 aliphatic rings. The van der Waals surface area contributed by atoms with Crippen molar-refractivity contribution in [3.63, 3.8) is 0 Å². The lowest BCUT2D eigenvalue weighted by Crippen LogP contribution is -2.58. The van der Waals surface area contributed by atoms with E-state index in [1.165, 1.54) is 0 Å². The number of fused-ring (bicyclic) bond motifs is 2. The molecular formula is C26H29NO6. The molecule has 7 nitrogen and oxygen atoms in total. The molecule has 2 amide bonds. The molecule has 2 aromatic rings. The zero-order valence-electron chi connectivity index (χ0n) is 19.3. The Bertz CT molecular complexity index is 1090. The minimum Gasteiger partial charge on any atom is -0.497 e. The first-order valence-corrected chi connectivity index (χ1v) is 11.1. The topological polar surface area (TPSA) is 93.1 Å². The van der Waals surface area contributed by atoms with E-state index in [0.29, 0.717) is 29.0 Å². The first-order valence-electron chi connectivity index (χ1n) is 11.1. The number of aliphatic hydroxyl groups excluding tert-OH is 1. The number of aldehydes is 1. The number of anilines is 1. The van der Waals surface area contributed by atoms with Gasteiger partial charge in [0.25, 0.3) is 5.91 Å². The van der Waals surface area contributed by atoms with Crippen LogP contribution in [0.25, 0.3) is 0 Å². The number of nitrogens with zero attached hydrogens (tertiary/aromatic N) is 1. The van der Waals surface area contributed by atoms with Gasteiger partial charge in [-0.15, -0.1) is 0 Å². The molecule has 33 heavy (non-hydrogen) atoms. The summed E-state index contributed by atoms with van der Waals surface area (Å²) in [6.45, 7) is 5.18. The lowest BCUT2D eigenvalue weighted by Gasteiger charge is -2.46. The number of ether oxygens (including phenoxy) is 2. The van der Waals surface area contributed by atoms with Crippen molar-refractivity contribution < 1.29 is 29.0 Å². The zero-order chi connectivity index (χ0) is 24.0. The minimum atomic E-state index is -1.51. The highest BCUT2D eigenvalue weighted by Crippen LogP contribution is 2.58. The number of amides is 2. The quantitative estimate of drug-likeness (QED) is 0.710. The van der Waals surface area contributed by atoms with Crippen LogP contribution in [0.5, 0.6) is 5.75 Å². The molecule has 1 heterocycles. The summed E-state index contributed by atoms with van der Waals surface area (Å²) in [5.74, 6) is -1.22. The highest BCUT2D eigenvalue weighted by molar-refractivity contribution is 6.22. The highest BCUT2D eigenvalue weighted by Gasteiger charge is 2.64. The van der Waals surface area contributed by atoms with Crippen molar-refractivity contribution >= 4 is 24.0 Å². The lowest BCUT2D eigenvalue weighted by atomic mass is 9.56. The number of rotatable bonds is 3. The average molecular weight is 452 g/mol. The van der Waals surface area contributed by atoms with Gasteiger partial charge in [0.1, 0.15) is 23.1 Å². The summed E-state index contributed by atoms with van der Waals surface area (Å²) < 4.78 is 10.9. The molecule has 2 aromatic carbocycles. The van der Waals surface area contributed by atoms with Crippen LogP contribution in [-0.4, -0.2) is 42.2 Å². The van der Waals surface area contributed by atoms with Gasteiger partial charge in [-0.1, -0.05) is 30.3 Å². The van der Waals surface area contributed by atoms with Gasteiger partial charge in [0.15, 0.2) is 0 Å². The molecule has 0 saturated heterocycles. The van der Waals surface area contributed by atoms with Crippen LogP contribution < -0.4 is 9.64 Å². The number of hydrogen-bond acceptors (Lipinski definition) is 6. The van der Waals surface area contributed by atoms with E-state index in [4.69, 9.17) is 9.47 Å². The fourth-order valence-electron chi connectivity index (χ4n) is 5.32. The molecule has 1 N–H and O–H groups in total. The Hall–Kier alpha value is -3.19. The standard InChI is InChI=1S/C26H29NO6/c1-25(2,3)33-24(31)27-20-11-6-5-10-19(20)26(23(27)30)21(29)13-12-17(15-28)22(26)16-8-7-9-18(14-16)32-4/h5-11,14-15,17,21-22,29H,12-13H2,1-4H3/t17-,21-,22+,26-/m1/s1. The Labute approximate surface area is 193 Å². The van der Waals surface area contributed by atoms with Gasteiger partial charge >= 0.3 is 6.09 Å². The monoisotopic (exact) mass is 451 g/mol. The largest absolute Gasteiger partial charge is 0.497 e. The second kappa shape index (κ2) is 8.30. The van der Waals surface area contributed by atoms with Crippen LogP contribution in [0.4, 0.5) is 10.5 Å². The second-order valence-electron chi connectivity index (χ2n) is 9.65. The van der Waals surface area contributed by atoms with Crippen molar-refractivity contribution in [1.29, 1.82) is 0 Å². The number of aliphatic hydroxyl groups is 1. The van der Waals surface area contributed by atoms with E-state index >= 15 is 0 Å². The Morgan fingerprint density at radius 3 is 2.55 bits per heavy atom. The number of para-hydroxylation sites is 1. The van der Waals surface area contributed by atoms with Crippen LogP contribution in [0.1, 0.15) is 50.7 Å². The molecule has 1 saturated carbocycles. The molecule has 1 aliphatic heterocycles. The Morgan fingerprint density at radius 2 is 1.88 bits per heavy atom. The molecule has 0 bridgehead atoms. The smallest absolute Gasteiger partial charge is 0.421 e. The summed E-state index contributed by atoms with van der Waals surface area (Å²) in [7, 11) is 1.54. The first kappa shape index (κ1) is 23.0. The first-order chi connectivity index (χ1) is 15.6. The van der Waals surface area contributed by atoms with E-state index < -0.39 is 41.0 Å². The molecule has 174 valence electrons. The number of hydrogen-bond donors (Lipinski definition) is 1. The van der Waals surface area contributed by atoms with Crippen molar-refractivity contribution in [2.24, 2.45) is 5.92 Å². The van der Waals surface area contributed by atoms with Gasteiger partial charge in [-0.05, 0) is 62.9 Å². The SMILES string of the molecule is COc1cccc([C@H]2[C@@H](C=O)CC[C@@H](O)[C@@]23C(=O)N(C(=O)OC(C)(C)C)c2ccccc23)c1. The van der Waals surface area contributed by atoms with E-state index in [-0.39, 0.29) is 6.42 Å². The molecule has 1 fully saturated rings. The molecule has 4 rings (SSSR count). The normalized spacial score (nSPS) is 26.8. The third-order valence-corrected chi connectivity index (χ3v) is 6.57. The van der Waals surface area contributed by atoms with Gasteiger partial charge in [0.2, 0.25) is 0 Å². The van der Waals surface area contributed by atoms with Gasteiger partial charge in [-0.3, -0.25) is 4.79 Å². The summed E-state index contributed by atoms with van der Waals surface area (Å²) in [4.78, 5) is 40.6. The zero-order valence-corrected chi connectivity index (χ0v) is 19.3. The van der Waals surface area contributed by atoms with Crippen molar-refractivity contribution in [1.82, 2.24) is 0 Å². The molecule has 7 heteroatoms. The van der Waals surface area contributed by atoms with Crippen molar-refractivity contribution in [2.75, 3.05) is 12.0 Å². The predicted molar refractivity (Wildman–Crippen MR) is 122 cm³/mol. The summed E-state index contributed by atoms with van der Waals surface area (Å²) in [5, 5.41) is 11.4. The maximum atomic E-state index is 14.2. The van der Waals surface area contributed by atoms with E-state index in [1.54, 1.807) is 70.3 Å². The summed E-state index contributed by atoms with van der Waals surface area (Å²) in [6.07, 6.45) is -0.362. The fourth-order valence-corrected chi connectivity index (χ4v) is 5.32. The molecule has 0 unspecified atom stereocenters. The maximum absolute atomic E-state index is 14.2. The van der Waals surface area contributed by atoms with Gasteiger partial charge in [0.05, 0.1) is 18.9 Å². The number of carbonyl (C=O) groups excluding carboxylic acids is 3. The van der Waals surface area contributed by atoms with Crippen LogP contribution in [0, 0.1) is 5.92 Å². The average Bonchev–Trinajstić information content (AvgIpc) is 3.03. The fraction of sp³-hybridized carbons (Fsp3) is 0.423. The van der Waals surface area contributed by atoms with Gasteiger partial charge < -0.3 is 19.4 Å². The Morgan fingerprint density at radius 1 is 1.15 bits per heavy atom. The van der Waals surface area contributed by atoms with Gasteiger partial charge in [-0.25, -0.2) is 9.69 Å². The van der Waals surface area contributed by atoms with E-state index in [9.17, 15) is 19.5 Å². The number of carbonyl (C=O) groups is 3. The number of methoxy groups -OCH3 is 1. The van der Waals surface area contributed by atoms with Crippen LogP contribution >= 0.6 is 0 Å². The van der Waals surface area contributed by atoms with E-state index in [2.05, 4.69) is 0 Å². The van der Waals surface area contributed by atoms with Crippen LogP contribution in [0.15, 0.2) is 48.5 Å². The van der Waals surface area contributed by atoms with Crippen LogP contribution in [-0.2, 0) is 19.7 Å². The lowest BCUT2D eigenvalue weighted by molar-refractivity contribution is -0.133. The molecule has 0 radical (unpaired) electrons. The molecule has 0 aromatic heterocycles. The molecular weight excluding hydrogens is 422 g/mol. The highest BCUT2D eigenvalue weighted by atomic mass is 16.6. The predicted octanol–water partition coefficient (Wildman–Crippen LogP) is 3.97. The third-order valence-electron chi connectivity index (χ3n) is 6.57. The summed E-state index contributed by atoms with van der Waals surface area (Å²) in [5.41, 5.74) is -0.739. The van der Waals surface area contributed by atoms with E-state index in [1.807, 2.05) is 6.07 Å². The Kier molecular flexibility index (Phi) is 5.78. The van der Waals surface area contributed by atoms with Crippen molar-refractivity contribution in [3.05, 3.63) is 59.7 Å². The van der Waals surface area contributed by atoms with Crippen LogP contribution in [0.3, 0.4) is 0 Å². The summed E-state index contributed by atoms with van der Waals surface area (Å²) >= 11 is 0. The van der Waals surface area contributed by atoms with E-state index in [0.717, 1.165) is 11.2 Å². The second-order valence-corrected chi connectivity index (χ2v) is 9.65. The maximum Gasteiger partial charge on any atom is 0.421 e. The molecule has 4 atom stereocenters. The van der Waals surface area contributed by atoms with Gasteiger partial charge in [0, 0.05) is 11.8 Å². The van der Waals surface area contributed by atoms with Crippen molar-refractivity contribution in [2.45, 2.75) is 56.7 Å². The molecule has 1 aliphatic carbocycles. The van der Waals surface area contributed by atoms with Crippen molar-refractivity contribution in [3.8, 4) is 5.75 Å². The molecule has 1 spiro atoms. The number of imide groups is 1. The van der Waals surface area contributed by atoms with Gasteiger partial charge in [-0.2, -0.15) is 0 Å².